The first-order valence-electron chi connectivity index (χ1n) is 19.7. The predicted molar refractivity (Wildman–Crippen MR) is 202 cm³/mol. The molecule has 2 saturated carbocycles. The van der Waals surface area contributed by atoms with Gasteiger partial charge in [0.25, 0.3) is 0 Å². The molecule has 0 aromatic heterocycles. The molecule has 3 aromatic carbocycles. The van der Waals surface area contributed by atoms with E-state index in [4.69, 9.17) is 9.47 Å². The zero-order chi connectivity index (χ0) is 35.4. The van der Waals surface area contributed by atoms with E-state index in [9.17, 15) is 14.7 Å². The molecule has 1 spiro atoms. The molecule has 10 rings (SSSR count). The molecule has 52 heavy (non-hydrogen) atoms. The van der Waals surface area contributed by atoms with Crippen molar-refractivity contribution >= 4 is 17.5 Å². The zero-order valence-corrected chi connectivity index (χ0v) is 30.1. The van der Waals surface area contributed by atoms with Gasteiger partial charge in [-0.2, -0.15) is 0 Å². The molecule has 5 heteroatoms. The molecule has 3 aromatic rings. The smallest absolute Gasteiger partial charge is 0.340 e. The summed E-state index contributed by atoms with van der Waals surface area (Å²) in [5.74, 6) is 1.99. The molecule has 5 aliphatic carbocycles. The van der Waals surface area contributed by atoms with E-state index in [1.165, 1.54) is 31.2 Å². The monoisotopic (exact) mass is 692 g/mol. The van der Waals surface area contributed by atoms with Gasteiger partial charge >= 0.3 is 11.9 Å². The van der Waals surface area contributed by atoms with Gasteiger partial charge in [-0.1, -0.05) is 99.3 Å². The maximum Gasteiger partial charge on any atom is 0.340 e. The summed E-state index contributed by atoms with van der Waals surface area (Å²) in [7, 11) is 0. The van der Waals surface area contributed by atoms with Crippen LogP contribution < -0.4 is 0 Å². The van der Waals surface area contributed by atoms with Crippen molar-refractivity contribution in [3.63, 3.8) is 0 Å². The highest BCUT2D eigenvalue weighted by Gasteiger charge is 2.68. The van der Waals surface area contributed by atoms with Crippen LogP contribution in [0.5, 0.6) is 5.75 Å². The van der Waals surface area contributed by atoms with E-state index in [2.05, 4.69) is 55.5 Å². The topological polar surface area (TPSA) is 72.8 Å². The molecule has 0 unspecified atom stereocenters. The highest BCUT2D eigenvalue weighted by atomic mass is 16.5. The Hall–Kier alpha value is -4.64. The molecule has 2 aliphatic heterocycles. The Balaban J connectivity index is 1.22. The molecular formula is C47H48O5. The van der Waals surface area contributed by atoms with E-state index in [1.54, 1.807) is 6.07 Å². The van der Waals surface area contributed by atoms with E-state index >= 15 is 0 Å². The fourth-order valence-electron chi connectivity index (χ4n) is 11.0. The van der Waals surface area contributed by atoms with Crippen LogP contribution in [0.15, 0.2) is 119 Å². The summed E-state index contributed by atoms with van der Waals surface area (Å²) in [4.78, 5) is 28.8. The number of hydrogen-bond acceptors (Lipinski definition) is 5. The van der Waals surface area contributed by atoms with Gasteiger partial charge in [-0.25, -0.2) is 9.59 Å². The van der Waals surface area contributed by atoms with Crippen molar-refractivity contribution in [2.75, 3.05) is 0 Å². The molecule has 0 radical (unpaired) electrons. The van der Waals surface area contributed by atoms with Gasteiger partial charge in [-0.05, 0) is 127 Å². The Morgan fingerprint density at radius 1 is 0.865 bits per heavy atom. The van der Waals surface area contributed by atoms with Gasteiger partial charge < -0.3 is 14.6 Å². The summed E-state index contributed by atoms with van der Waals surface area (Å²) in [6.07, 6.45) is 16.8. The number of phenols is 1. The number of phenolic OH excluding ortho intramolecular Hbond substituents is 1. The minimum atomic E-state index is -0.783. The molecule has 1 saturated heterocycles. The quantitative estimate of drug-likeness (QED) is 0.226. The van der Waals surface area contributed by atoms with Crippen molar-refractivity contribution in [1.82, 2.24) is 0 Å². The minimum absolute atomic E-state index is 0.0431. The molecule has 0 amide bonds. The Labute approximate surface area is 307 Å². The van der Waals surface area contributed by atoms with Crippen LogP contribution in [0.2, 0.25) is 0 Å². The number of rotatable bonds is 9. The van der Waals surface area contributed by atoms with Crippen molar-refractivity contribution in [1.29, 1.82) is 0 Å². The molecule has 3 fully saturated rings. The third kappa shape index (κ3) is 5.42. The number of aromatic hydroxyl groups is 1. The van der Waals surface area contributed by atoms with E-state index < -0.39 is 5.41 Å². The van der Waals surface area contributed by atoms with Crippen molar-refractivity contribution in [2.45, 2.75) is 84.0 Å². The first-order chi connectivity index (χ1) is 25.5. The third-order valence-electron chi connectivity index (χ3n) is 13.4. The average Bonchev–Trinajstić information content (AvgIpc) is 3.89. The summed E-state index contributed by atoms with van der Waals surface area (Å²) in [5, 5.41) is 11.0. The van der Waals surface area contributed by atoms with Gasteiger partial charge in [0.05, 0.1) is 11.0 Å². The van der Waals surface area contributed by atoms with Crippen LogP contribution in [0, 0.1) is 35.0 Å². The van der Waals surface area contributed by atoms with E-state index in [0.717, 1.165) is 96.5 Å². The first kappa shape index (κ1) is 33.2. The number of ether oxygens (including phenoxy) is 2. The van der Waals surface area contributed by atoms with Crippen LogP contribution >= 0.6 is 0 Å². The number of fused-ring (bicyclic) bond motifs is 1. The molecular weight excluding hydrogens is 645 g/mol. The Kier molecular flexibility index (Phi) is 8.56. The normalized spacial score (nSPS) is 28.7. The van der Waals surface area contributed by atoms with Crippen LogP contribution in [0.4, 0.5) is 0 Å². The number of allylic oxidation sites excluding steroid dienone is 5. The van der Waals surface area contributed by atoms with Gasteiger partial charge in [0, 0.05) is 17.1 Å². The minimum Gasteiger partial charge on any atom is -0.508 e. The van der Waals surface area contributed by atoms with E-state index in [1.807, 2.05) is 36.4 Å². The average molecular weight is 693 g/mol. The number of carbonyl (C=O) groups excluding carboxylic acids is 2. The molecule has 7 aliphatic rings. The number of benzene rings is 3. The van der Waals surface area contributed by atoms with Crippen LogP contribution in [-0.4, -0.2) is 17.0 Å². The highest BCUT2D eigenvalue weighted by molar-refractivity contribution is 6.07. The Morgan fingerprint density at radius 2 is 1.63 bits per heavy atom. The molecule has 2 bridgehead atoms. The maximum atomic E-state index is 14.6. The standard InChI is InChI=1S/C47H48O5/c1-2-29(26-31-14-5-3-6-15-31)27-40-47-25-24-35(36-22-23-37-39(51-45(49)42(37)43(36)47)19-11-16-30-12-9-10-13-30)41(44(47)46(50)52-40)38-28-33(48)20-21-34(38)32-17-7-4-8-18-32/h3-8,14-15,17-21,27-30,35-36,43,48H,2,9-13,16,22-26H2,1H3/t29-,35+,36+,43+,47+/m0/s1. The summed E-state index contributed by atoms with van der Waals surface area (Å²) in [6, 6.07) is 26.3. The van der Waals surface area contributed by atoms with Crippen molar-refractivity contribution < 1.29 is 24.2 Å². The lowest BCUT2D eigenvalue weighted by Gasteiger charge is -2.56. The second-order valence-electron chi connectivity index (χ2n) is 16.0. The molecule has 5 atom stereocenters. The summed E-state index contributed by atoms with van der Waals surface area (Å²) in [5.41, 5.74) is 6.90. The molecule has 266 valence electrons. The van der Waals surface area contributed by atoms with Gasteiger partial charge in [-0.3, -0.25) is 0 Å². The SMILES string of the molecule is CC[C@H](C=C1OC(=O)C2=C(c3cc(O)ccc3-c3ccccc3)[C@@H]3CC[C@]12[C@H]1C2=C(CC[C@H]31)C(=CCCC1CCCC1)OC2=O)Cc1ccccc1. The van der Waals surface area contributed by atoms with Gasteiger partial charge in [-0.15, -0.1) is 0 Å². The van der Waals surface area contributed by atoms with Crippen molar-refractivity contribution in [3.05, 3.63) is 130 Å². The first-order valence-corrected chi connectivity index (χ1v) is 19.7. The summed E-state index contributed by atoms with van der Waals surface area (Å²) >= 11 is 0. The third-order valence-corrected chi connectivity index (χ3v) is 13.4. The number of carbonyl (C=O) groups is 2. The molecule has 1 N–H and O–H groups in total. The summed E-state index contributed by atoms with van der Waals surface area (Å²) < 4.78 is 12.7. The second-order valence-corrected chi connectivity index (χ2v) is 16.0. The summed E-state index contributed by atoms with van der Waals surface area (Å²) in [6.45, 7) is 2.19. The largest absolute Gasteiger partial charge is 0.508 e. The van der Waals surface area contributed by atoms with Gasteiger partial charge in [0.1, 0.15) is 17.3 Å². The van der Waals surface area contributed by atoms with Crippen LogP contribution in [0.3, 0.4) is 0 Å². The number of esters is 2. The van der Waals surface area contributed by atoms with Crippen molar-refractivity contribution in [3.8, 4) is 16.9 Å². The van der Waals surface area contributed by atoms with E-state index in [0.29, 0.717) is 11.3 Å². The Morgan fingerprint density at radius 3 is 2.40 bits per heavy atom. The van der Waals surface area contributed by atoms with E-state index in [-0.39, 0.29) is 41.4 Å². The lowest BCUT2D eigenvalue weighted by molar-refractivity contribution is -0.135. The fraction of sp³-hybridized carbons (Fsp3) is 0.404. The Bertz CT molecular complexity index is 2030. The maximum absolute atomic E-state index is 14.6. The van der Waals surface area contributed by atoms with Crippen molar-refractivity contribution in [2.24, 2.45) is 35.0 Å². The highest BCUT2D eigenvalue weighted by Crippen LogP contribution is 2.72. The molecule has 5 nitrogen and oxygen atoms in total. The lowest BCUT2D eigenvalue weighted by Crippen LogP contribution is -2.52. The van der Waals surface area contributed by atoms with Crippen LogP contribution in [0.1, 0.15) is 88.7 Å². The number of hydrogen-bond donors (Lipinski definition) is 1. The molecule has 2 heterocycles. The van der Waals surface area contributed by atoms with Gasteiger partial charge in [0.2, 0.25) is 0 Å². The van der Waals surface area contributed by atoms with Crippen LogP contribution in [-0.2, 0) is 25.5 Å². The fourth-order valence-corrected chi connectivity index (χ4v) is 11.0. The zero-order valence-electron chi connectivity index (χ0n) is 30.1. The van der Waals surface area contributed by atoms with Gasteiger partial charge in [0.15, 0.2) is 0 Å². The lowest BCUT2D eigenvalue weighted by atomic mass is 9.44. The number of cyclic esters (lactones) is 2. The second kappa shape index (κ2) is 13.4. The van der Waals surface area contributed by atoms with Crippen LogP contribution in [0.25, 0.3) is 16.7 Å². The predicted octanol–water partition coefficient (Wildman–Crippen LogP) is 10.7.